The molecule has 0 fully saturated rings. The maximum atomic E-state index is 12.4. The molecule has 5 heteroatoms. The molecule has 0 saturated heterocycles. The van der Waals surface area contributed by atoms with E-state index in [1.165, 1.54) is 23.8 Å². The Balaban J connectivity index is 3.00. The predicted molar refractivity (Wildman–Crippen MR) is 98.9 cm³/mol. The van der Waals surface area contributed by atoms with Gasteiger partial charge in [-0.2, -0.15) is 0 Å². The van der Waals surface area contributed by atoms with Crippen molar-refractivity contribution < 1.29 is 19.1 Å². The first-order valence-electron chi connectivity index (χ1n) is 8.72. The first-order chi connectivity index (χ1) is 11.7. The first-order valence-corrected chi connectivity index (χ1v) is 8.72. The van der Waals surface area contributed by atoms with Crippen molar-refractivity contribution in [2.75, 3.05) is 33.9 Å². The van der Waals surface area contributed by atoms with Crippen molar-refractivity contribution in [3.05, 3.63) is 33.9 Å². The van der Waals surface area contributed by atoms with E-state index in [9.17, 15) is 9.59 Å². The number of carbonyl (C=O) groups is 2. The number of aryl methyl sites for hydroxylation is 1. The van der Waals surface area contributed by atoms with Crippen LogP contribution < -0.4 is 0 Å². The van der Waals surface area contributed by atoms with Crippen LogP contribution in [0.3, 0.4) is 0 Å². The first kappa shape index (κ1) is 21.2. The van der Waals surface area contributed by atoms with Gasteiger partial charge in [0.25, 0.3) is 0 Å². The van der Waals surface area contributed by atoms with Crippen molar-refractivity contribution in [2.24, 2.45) is 0 Å². The van der Waals surface area contributed by atoms with Crippen LogP contribution in [0.25, 0.3) is 0 Å². The number of ether oxygens (including phenoxy) is 2. The van der Waals surface area contributed by atoms with Crippen LogP contribution in [0.4, 0.5) is 0 Å². The predicted octanol–water partition coefficient (Wildman–Crippen LogP) is 3.06. The fraction of sp³-hybridized carbons (Fsp3) is 0.600. The number of esters is 2. The van der Waals surface area contributed by atoms with E-state index in [1.54, 1.807) is 6.92 Å². The maximum absolute atomic E-state index is 12.4. The van der Waals surface area contributed by atoms with Gasteiger partial charge < -0.3 is 14.4 Å². The molecule has 0 aromatic heterocycles. The Morgan fingerprint density at radius 2 is 1.76 bits per heavy atom. The van der Waals surface area contributed by atoms with Gasteiger partial charge in [-0.1, -0.05) is 6.07 Å². The van der Waals surface area contributed by atoms with Gasteiger partial charge in [-0.25, -0.2) is 0 Å². The van der Waals surface area contributed by atoms with E-state index in [0.717, 1.165) is 11.1 Å². The van der Waals surface area contributed by atoms with Crippen LogP contribution in [0, 0.1) is 27.7 Å². The zero-order chi connectivity index (χ0) is 19.1. The zero-order valence-electron chi connectivity index (χ0n) is 16.6. The average molecular weight is 349 g/mol. The molecule has 0 N–H and O–H groups in total. The highest BCUT2D eigenvalue weighted by Crippen LogP contribution is 2.28. The Morgan fingerprint density at radius 3 is 2.32 bits per heavy atom. The second kappa shape index (κ2) is 9.56. The third-order valence-electron chi connectivity index (χ3n) is 4.88. The number of rotatable bonds is 8. The fourth-order valence-corrected chi connectivity index (χ4v) is 2.97. The number of nitrogens with zero attached hydrogens (tertiary/aromatic N) is 1. The Hall–Kier alpha value is -1.88. The third kappa shape index (κ3) is 5.56. The van der Waals surface area contributed by atoms with Crippen LogP contribution in [0.5, 0.6) is 0 Å². The summed E-state index contributed by atoms with van der Waals surface area (Å²) >= 11 is 0. The normalized spacial score (nSPS) is 12.2. The lowest BCUT2D eigenvalue weighted by molar-refractivity contribution is -0.143. The molecular weight excluding hydrogens is 318 g/mol. The highest BCUT2D eigenvalue weighted by molar-refractivity contribution is 5.79. The minimum absolute atomic E-state index is 0.220. The van der Waals surface area contributed by atoms with Gasteiger partial charge in [-0.15, -0.1) is 0 Å². The van der Waals surface area contributed by atoms with Crippen LogP contribution in [-0.4, -0.2) is 50.7 Å². The van der Waals surface area contributed by atoms with Crippen molar-refractivity contribution >= 4 is 11.9 Å². The molecule has 0 aliphatic heterocycles. The van der Waals surface area contributed by atoms with E-state index in [4.69, 9.17) is 9.47 Å². The zero-order valence-corrected chi connectivity index (χ0v) is 16.6. The summed E-state index contributed by atoms with van der Waals surface area (Å²) in [5.41, 5.74) is 5.74. The Morgan fingerprint density at radius 1 is 1.12 bits per heavy atom. The molecule has 0 aliphatic rings. The molecule has 0 heterocycles. The highest BCUT2D eigenvalue weighted by Gasteiger charge is 2.26. The Kier molecular flexibility index (Phi) is 8.10. The van der Waals surface area contributed by atoms with Crippen LogP contribution in [0.1, 0.15) is 47.1 Å². The molecule has 0 bridgehead atoms. The number of methoxy groups -OCH3 is 1. The highest BCUT2D eigenvalue weighted by atomic mass is 16.5. The van der Waals surface area contributed by atoms with E-state index in [1.807, 2.05) is 18.9 Å². The smallest absolute Gasteiger partial charge is 0.314 e. The van der Waals surface area contributed by atoms with Crippen LogP contribution in [0.15, 0.2) is 6.07 Å². The van der Waals surface area contributed by atoms with Gasteiger partial charge in [0.1, 0.15) is 0 Å². The molecule has 0 radical (unpaired) electrons. The van der Waals surface area contributed by atoms with Gasteiger partial charge in [0, 0.05) is 13.1 Å². The molecule has 1 rings (SSSR count). The fourth-order valence-electron chi connectivity index (χ4n) is 2.97. The average Bonchev–Trinajstić information content (AvgIpc) is 2.59. The van der Waals surface area contributed by atoms with Gasteiger partial charge in [-0.05, 0) is 69.5 Å². The van der Waals surface area contributed by atoms with Crippen LogP contribution in [0.2, 0.25) is 0 Å². The van der Waals surface area contributed by atoms with Crippen molar-refractivity contribution in [3.63, 3.8) is 0 Å². The van der Waals surface area contributed by atoms with Gasteiger partial charge >= 0.3 is 11.9 Å². The lowest BCUT2D eigenvalue weighted by atomic mass is 9.87. The lowest BCUT2D eigenvalue weighted by Crippen LogP contribution is -2.32. The van der Waals surface area contributed by atoms with Crippen molar-refractivity contribution in [2.45, 2.75) is 47.0 Å². The maximum Gasteiger partial charge on any atom is 0.314 e. The summed E-state index contributed by atoms with van der Waals surface area (Å²) < 4.78 is 10.00. The Labute approximate surface area is 151 Å². The minimum Gasteiger partial charge on any atom is -0.469 e. The number of hydrogen-bond donors (Lipinski definition) is 0. The molecule has 25 heavy (non-hydrogen) atoms. The molecule has 1 atom stereocenters. The summed E-state index contributed by atoms with van der Waals surface area (Å²) in [4.78, 5) is 25.9. The minimum atomic E-state index is -0.379. The topological polar surface area (TPSA) is 55.8 Å². The largest absolute Gasteiger partial charge is 0.469 e. The van der Waals surface area contributed by atoms with Crippen molar-refractivity contribution in [1.29, 1.82) is 0 Å². The second-order valence-electron chi connectivity index (χ2n) is 6.55. The summed E-state index contributed by atoms with van der Waals surface area (Å²) in [5.74, 6) is -0.855. The number of benzene rings is 1. The molecular formula is C20H31NO4. The summed E-state index contributed by atoms with van der Waals surface area (Å²) in [6.07, 6.45) is 0.309. The van der Waals surface area contributed by atoms with Crippen LogP contribution in [-0.2, 0) is 19.1 Å². The van der Waals surface area contributed by atoms with Crippen molar-refractivity contribution in [3.8, 4) is 0 Å². The van der Waals surface area contributed by atoms with E-state index < -0.39 is 0 Å². The number of hydrogen-bond acceptors (Lipinski definition) is 5. The van der Waals surface area contributed by atoms with Gasteiger partial charge in [0.15, 0.2) is 0 Å². The monoisotopic (exact) mass is 349 g/mol. The van der Waals surface area contributed by atoms with Crippen LogP contribution >= 0.6 is 0 Å². The number of carbonyl (C=O) groups excluding carboxylic acids is 2. The molecule has 1 unspecified atom stereocenters. The van der Waals surface area contributed by atoms with Crippen molar-refractivity contribution in [1.82, 2.24) is 4.90 Å². The molecule has 0 aliphatic carbocycles. The molecule has 5 nitrogen and oxygen atoms in total. The van der Waals surface area contributed by atoms with Gasteiger partial charge in [0.05, 0.1) is 26.1 Å². The van der Waals surface area contributed by atoms with E-state index in [-0.39, 0.29) is 17.9 Å². The molecule has 0 spiro atoms. The van der Waals surface area contributed by atoms with E-state index in [2.05, 4.69) is 26.8 Å². The van der Waals surface area contributed by atoms with E-state index >= 15 is 0 Å². The van der Waals surface area contributed by atoms with Gasteiger partial charge in [-0.3, -0.25) is 9.59 Å². The summed E-state index contributed by atoms with van der Waals surface area (Å²) in [5, 5.41) is 0. The number of likely N-dealkylation sites (N-methyl/N-ethyl adjacent to an activating group) is 1. The third-order valence-corrected chi connectivity index (χ3v) is 4.88. The van der Waals surface area contributed by atoms with E-state index in [0.29, 0.717) is 26.1 Å². The molecule has 0 saturated carbocycles. The SMILES string of the molecule is CCOC(=O)CCN(C)CC(C(=O)OC)c1cc(C)c(C)c(C)c1C. The molecule has 1 aromatic rings. The standard InChI is InChI=1S/C20H31NO4/c1-8-25-19(22)9-10-21(6)12-18(20(23)24-7)17-11-13(2)14(3)15(4)16(17)5/h11,18H,8-10,12H2,1-7H3. The molecule has 140 valence electrons. The summed E-state index contributed by atoms with van der Waals surface area (Å²) in [6, 6.07) is 2.08. The quantitative estimate of drug-likeness (QED) is 0.675. The van der Waals surface area contributed by atoms with Gasteiger partial charge in [0.2, 0.25) is 0 Å². The Bertz CT molecular complexity index is 625. The summed E-state index contributed by atoms with van der Waals surface area (Å²) in [6.45, 7) is 11.5. The molecule has 0 amide bonds. The second-order valence-corrected chi connectivity index (χ2v) is 6.55. The summed E-state index contributed by atoms with van der Waals surface area (Å²) in [7, 11) is 3.32. The lowest BCUT2D eigenvalue weighted by Gasteiger charge is -2.25. The molecule has 1 aromatic carbocycles.